The van der Waals surface area contributed by atoms with E-state index in [0.717, 1.165) is 22.8 Å². The zero-order valence-corrected chi connectivity index (χ0v) is 15.1. The maximum atomic E-state index is 12.7. The lowest BCUT2D eigenvalue weighted by Gasteiger charge is -2.11. The first-order valence-electron chi connectivity index (χ1n) is 7.90. The summed E-state index contributed by atoms with van der Waals surface area (Å²) < 4.78 is 7.24. The van der Waals surface area contributed by atoms with Crippen LogP contribution in [0, 0.1) is 13.8 Å². The summed E-state index contributed by atoms with van der Waals surface area (Å²) >= 11 is 6.12. The molecule has 0 atom stereocenters. The lowest BCUT2D eigenvalue weighted by atomic mass is 10.2. The van der Waals surface area contributed by atoms with Crippen molar-refractivity contribution < 1.29 is 9.53 Å². The van der Waals surface area contributed by atoms with Crippen LogP contribution in [-0.4, -0.2) is 17.6 Å². The van der Waals surface area contributed by atoms with Gasteiger partial charge in [0, 0.05) is 17.1 Å². The van der Waals surface area contributed by atoms with E-state index < -0.39 is 0 Å². The number of aryl methyl sites for hydroxylation is 1. The van der Waals surface area contributed by atoms with Crippen molar-refractivity contribution >= 4 is 23.2 Å². The van der Waals surface area contributed by atoms with Gasteiger partial charge in [-0.05, 0) is 56.3 Å². The Morgan fingerprint density at radius 3 is 2.40 bits per heavy atom. The number of aromatic nitrogens is 1. The van der Waals surface area contributed by atoms with Crippen LogP contribution in [0.2, 0.25) is 5.02 Å². The summed E-state index contributed by atoms with van der Waals surface area (Å²) in [6.07, 6.45) is 0. The molecule has 0 saturated carbocycles. The Labute approximate surface area is 152 Å². The topological polar surface area (TPSA) is 43.3 Å². The number of carbonyl (C=O) groups is 1. The molecule has 128 valence electrons. The molecule has 0 saturated heterocycles. The average molecular weight is 355 g/mol. The molecule has 0 aliphatic carbocycles. The molecule has 0 radical (unpaired) electrons. The number of ether oxygens (including phenoxy) is 1. The number of nitrogens with zero attached hydrogens (tertiary/aromatic N) is 1. The van der Waals surface area contributed by atoms with Crippen molar-refractivity contribution in [2.24, 2.45) is 0 Å². The quantitative estimate of drug-likeness (QED) is 0.715. The predicted octanol–water partition coefficient (Wildman–Crippen LogP) is 5.01. The Bertz CT molecular complexity index is 914. The van der Waals surface area contributed by atoms with Gasteiger partial charge < -0.3 is 14.6 Å². The molecule has 0 unspecified atom stereocenters. The van der Waals surface area contributed by atoms with Crippen molar-refractivity contribution in [2.45, 2.75) is 13.8 Å². The molecule has 0 fully saturated rings. The molecule has 1 amide bonds. The monoisotopic (exact) mass is 354 g/mol. The number of benzene rings is 2. The molecule has 1 N–H and O–H groups in total. The summed E-state index contributed by atoms with van der Waals surface area (Å²) in [5.41, 5.74) is 4.04. The number of carbonyl (C=O) groups excluding carboxylic acids is 1. The molecule has 5 heteroatoms. The van der Waals surface area contributed by atoms with Crippen LogP contribution < -0.4 is 10.1 Å². The van der Waals surface area contributed by atoms with Gasteiger partial charge in [-0.15, -0.1) is 0 Å². The van der Waals surface area contributed by atoms with E-state index in [9.17, 15) is 4.79 Å². The number of anilines is 1. The van der Waals surface area contributed by atoms with E-state index >= 15 is 0 Å². The molecule has 25 heavy (non-hydrogen) atoms. The normalized spacial score (nSPS) is 10.6. The third kappa shape index (κ3) is 3.39. The van der Waals surface area contributed by atoms with Crippen molar-refractivity contribution in [2.75, 3.05) is 12.4 Å². The highest BCUT2D eigenvalue weighted by molar-refractivity contribution is 6.33. The maximum absolute atomic E-state index is 12.7. The van der Waals surface area contributed by atoms with Gasteiger partial charge in [0.05, 0.1) is 23.4 Å². The van der Waals surface area contributed by atoms with E-state index in [2.05, 4.69) is 5.32 Å². The van der Waals surface area contributed by atoms with Crippen LogP contribution >= 0.6 is 11.6 Å². The maximum Gasteiger partial charge on any atom is 0.257 e. The van der Waals surface area contributed by atoms with E-state index in [1.165, 1.54) is 0 Å². The van der Waals surface area contributed by atoms with E-state index in [0.29, 0.717) is 16.3 Å². The zero-order valence-electron chi connectivity index (χ0n) is 14.3. The van der Waals surface area contributed by atoms with Crippen LogP contribution in [0.4, 0.5) is 5.69 Å². The van der Waals surface area contributed by atoms with Crippen molar-refractivity contribution in [1.29, 1.82) is 0 Å². The minimum Gasteiger partial charge on any atom is -0.497 e. The molecular formula is C20H19ClN2O2. The second-order valence-electron chi connectivity index (χ2n) is 5.75. The van der Waals surface area contributed by atoms with Gasteiger partial charge in [0.15, 0.2) is 0 Å². The van der Waals surface area contributed by atoms with Crippen LogP contribution in [0.3, 0.4) is 0 Å². The highest BCUT2D eigenvalue weighted by Crippen LogP contribution is 2.25. The summed E-state index contributed by atoms with van der Waals surface area (Å²) in [7, 11) is 1.64. The number of methoxy groups -OCH3 is 1. The Morgan fingerprint density at radius 1 is 1.08 bits per heavy atom. The van der Waals surface area contributed by atoms with Gasteiger partial charge in [0.2, 0.25) is 0 Å². The molecule has 2 aromatic carbocycles. The summed E-state index contributed by atoms with van der Waals surface area (Å²) in [6, 6.07) is 16.8. The first kappa shape index (κ1) is 17.1. The fraction of sp³-hybridized carbons (Fsp3) is 0.150. The Hall–Kier alpha value is -2.72. The van der Waals surface area contributed by atoms with E-state index in [1.54, 1.807) is 19.2 Å². The lowest BCUT2D eigenvalue weighted by Crippen LogP contribution is -2.13. The highest BCUT2D eigenvalue weighted by Gasteiger charge is 2.17. The van der Waals surface area contributed by atoms with Crippen molar-refractivity contribution in [1.82, 2.24) is 4.57 Å². The van der Waals surface area contributed by atoms with Gasteiger partial charge >= 0.3 is 0 Å². The van der Waals surface area contributed by atoms with Crippen molar-refractivity contribution in [3.8, 4) is 11.4 Å². The van der Waals surface area contributed by atoms with Gasteiger partial charge in [0.1, 0.15) is 5.75 Å². The number of halogens is 1. The summed E-state index contributed by atoms with van der Waals surface area (Å²) in [5, 5.41) is 3.39. The molecule has 3 aromatic rings. The third-order valence-corrected chi connectivity index (χ3v) is 4.46. The van der Waals surface area contributed by atoms with Crippen molar-refractivity contribution in [3.05, 3.63) is 76.6 Å². The third-order valence-electron chi connectivity index (χ3n) is 4.13. The van der Waals surface area contributed by atoms with Gasteiger partial charge in [-0.3, -0.25) is 4.79 Å². The van der Waals surface area contributed by atoms with Crippen LogP contribution in [0.25, 0.3) is 5.69 Å². The number of amides is 1. The fourth-order valence-electron chi connectivity index (χ4n) is 2.87. The minimum atomic E-state index is -0.180. The molecule has 3 rings (SSSR count). The number of hydrogen-bond acceptors (Lipinski definition) is 2. The number of hydrogen-bond donors (Lipinski definition) is 1. The molecule has 4 nitrogen and oxygen atoms in total. The Kier molecular flexibility index (Phi) is 4.81. The number of para-hydroxylation sites is 1. The van der Waals surface area contributed by atoms with Crippen LogP contribution in [0.5, 0.6) is 5.75 Å². The molecule has 1 aromatic heterocycles. The largest absolute Gasteiger partial charge is 0.497 e. The molecular weight excluding hydrogens is 336 g/mol. The SMILES string of the molecule is COc1ccc(-n2c(C)cc(C(=O)Nc3ccccc3Cl)c2C)cc1. The van der Waals surface area contributed by atoms with Gasteiger partial charge in [-0.1, -0.05) is 23.7 Å². The second kappa shape index (κ2) is 7.03. The van der Waals surface area contributed by atoms with E-state index in [-0.39, 0.29) is 5.91 Å². The minimum absolute atomic E-state index is 0.180. The standard InChI is InChI=1S/C20H19ClN2O2/c1-13-12-17(20(24)22-19-7-5-4-6-18(19)21)14(2)23(13)15-8-10-16(25-3)11-9-15/h4-12H,1-3H3,(H,22,24). The van der Waals surface area contributed by atoms with Gasteiger partial charge in [-0.25, -0.2) is 0 Å². The first-order valence-corrected chi connectivity index (χ1v) is 8.28. The first-order chi connectivity index (χ1) is 12.0. The number of nitrogens with one attached hydrogen (secondary N) is 1. The average Bonchev–Trinajstić information content (AvgIpc) is 2.91. The predicted molar refractivity (Wildman–Crippen MR) is 101 cm³/mol. The summed E-state index contributed by atoms with van der Waals surface area (Å²) in [4.78, 5) is 12.7. The molecule has 0 aliphatic rings. The second-order valence-corrected chi connectivity index (χ2v) is 6.16. The summed E-state index contributed by atoms with van der Waals surface area (Å²) in [6.45, 7) is 3.91. The number of rotatable bonds is 4. The molecule has 1 heterocycles. The smallest absolute Gasteiger partial charge is 0.257 e. The summed E-state index contributed by atoms with van der Waals surface area (Å²) in [5.74, 6) is 0.615. The van der Waals surface area contributed by atoms with Gasteiger partial charge in [-0.2, -0.15) is 0 Å². The highest BCUT2D eigenvalue weighted by atomic mass is 35.5. The van der Waals surface area contributed by atoms with Crippen molar-refractivity contribution in [3.63, 3.8) is 0 Å². The lowest BCUT2D eigenvalue weighted by molar-refractivity contribution is 0.102. The Morgan fingerprint density at radius 2 is 1.76 bits per heavy atom. The molecule has 0 aliphatic heterocycles. The Balaban J connectivity index is 1.93. The van der Waals surface area contributed by atoms with Gasteiger partial charge in [0.25, 0.3) is 5.91 Å². The zero-order chi connectivity index (χ0) is 18.0. The molecule has 0 spiro atoms. The van der Waals surface area contributed by atoms with Crippen LogP contribution in [0.15, 0.2) is 54.6 Å². The van der Waals surface area contributed by atoms with E-state index in [1.807, 2.05) is 60.9 Å². The van der Waals surface area contributed by atoms with Crippen LogP contribution in [0.1, 0.15) is 21.7 Å². The fourth-order valence-corrected chi connectivity index (χ4v) is 3.06. The van der Waals surface area contributed by atoms with E-state index in [4.69, 9.17) is 16.3 Å². The van der Waals surface area contributed by atoms with Crippen LogP contribution in [-0.2, 0) is 0 Å². The molecule has 0 bridgehead atoms.